The number of hydrogen-bond donors (Lipinski definition) is 0. The van der Waals surface area contributed by atoms with E-state index in [4.69, 9.17) is 0 Å². The van der Waals surface area contributed by atoms with Gasteiger partial charge in [-0.1, -0.05) is 6.92 Å². The van der Waals surface area contributed by atoms with Crippen LogP contribution in [0, 0.1) is 11.7 Å². The van der Waals surface area contributed by atoms with Crippen LogP contribution >= 0.6 is 0 Å². The molecule has 2 saturated heterocycles. The molecule has 0 spiro atoms. The van der Waals surface area contributed by atoms with Gasteiger partial charge in [0.1, 0.15) is 5.82 Å². The molecule has 0 aromatic heterocycles. The summed E-state index contributed by atoms with van der Waals surface area (Å²) in [6.07, 6.45) is 2.76. The largest absolute Gasteiger partial charge is 0.369 e. The Bertz CT molecular complexity index is 454. The lowest BCUT2D eigenvalue weighted by Crippen LogP contribution is -2.49. The number of hydrogen-bond acceptors (Lipinski definition) is 3. The van der Waals surface area contributed by atoms with Gasteiger partial charge in [0.25, 0.3) is 0 Å². The van der Waals surface area contributed by atoms with E-state index in [-0.39, 0.29) is 5.82 Å². The van der Waals surface area contributed by atoms with E-state index in [1.807, 2.05) is 12.1 Å². The van der Waals surface area contributed by atoms with E-state index in [0.717, 1.165) is 37.8 Å². The van der Waals surface area contributed by atoms with Gasteiger partial charge in [0, 0.05) is 51.5 Å². The van der Waals surface area contributed by atoms with Crippen LogP contribution in [0.5, 0.6) is 0 Å². The van der Waals surface area contributed by atoms with Gasteiger partial charge in [-0.2, -0.15) is 0 Å². The van der Waals surface area contributed by atoms with Crippen LogP contribution in [0.25, 0.3) is 0 Å². The molecule has 2 heterocycles. The lowest BCUT2D eigenvalue weighted by Gasteiger charge is -2.38. The van der Waals surface area contributed by atoms with E-state index in [1.165, 1.54) is 39.0 Å². The second-order valence-electron chi connectivity index (χ2n) is 6.85. The third-order valence-corrected chi connectivity index (χ3v) is 5.04. The van der Waals surface area contributed by atoms with Crippen molar-refractivity contribution in [3.8, 4) is 0 Å². The van der Waals surface area contributed by atoms with Gasteiger partial charge in [-0.3, -0.25) is 4.90 Å². The van der Waals surface area contributed by atoms with Crippen molar-refractivity contribution in [1.82, 2.24) is 9.80 Å². The van der Waals surface area contributed by atoms with Gasteiger partial charge in [0.15, 0.2) is 0 Å². The highest BCUT2D eigenvalue weighted by Gasteiger charge is 2.20. The smallest absolute Gasteiger partial charge is 0.123 e. The van der Waals surface area contributed by atoms with Crippen LogP contribution in [0.15, 0.2) is 24.3 Å². The van der Waals surface area contributed by atoms with Crippen molar-refractivity contribution in [2.45, 2.75) is 19.8 Å². The Labute approximate surface area is 133 Å². The SMILES string of the molecule is CC1CCCN(CCN2CCN(c3ccc(F)cc3)CC2)C1. The fourth-order valence-electron chi connectivity index (χ4n) is 3.65. The Morgan fingerprint density at radius 2 is 1.64 bits per heavy atom. The number of piperazine rings is 1. The first-order chi connectivity index (χ1) is 10.7. The first-order valence-corrected chi connectivity index (χ1v) is 8.66. The average molecular weight is 305 g/mol. The molecule has 0 N–H and O–H groups in total. The van der Waals surface area contributed by atoms with Gasteiger partial charge in [0.05, 0.1) is 0 Å². The number of piperidine rings is 1. The lowest BCUT2D eigenvalue weighted by molar-refractivity contribution is 0.151. The van der Waals surface area contributed by atoms with Crippen LogP contribution in [0.4, 0.5) is 10.1 Å². The molecular weight excluding hydrogens is 277 g/mol. The summed E-state index contributed by atoms with van der Waals surface area (Å²) in [6.45, 7) is 11.6. The molecule has 122 valence electrons. The molecule has 3 rings (SSSR count). The molecule has 2 fully saturated rings. The minimum Gasteiger partial charge on any atom is -0.369 e. The van der Waals surface area contributed by atoms with Crippen LogP contribution in [-0.2, 0) is 0 Å². The molecule has 22 heavy (non-hydrogen) atoms. The van der Waals surface area contributed by atoms with Crippen molar-refractivity contribution in [1.29, 1.82) is 0 Å². The summed E-state index contributed by atoms with van der Waals surface area (Å²) in [5.74, 6) is 0.710. The Balaban J connectivity index is 1.41. The third-order valence-electron chi connectivity index (χ3n) is 5.04. The summed E-state index contributed by atoms with van der Waals surface area (Å²) in [5, 5.41) is 0. The Hall–Kier alpha value is -1.13. The van der Waals surface area contributed by atoms with E-state index < -0.39 is 0 Å². The number of anilines is 1. The standard InChI is InChI=1S/C18H28FN3/c1-16-3-2-8-21(15-16)10-9-20-11-13-22(14-12-20)18-6-4-17(19)5-7-18/h4-7,16H,2-3,8-15H2,1H3. The Kier molecular flexibility index (Phi) is 5.32. The number of halogens is 1. The second-order valence-corrected chi connectivity index (χ2v) is 6.85. The van der Waals surface area contributed by atoms with Crippen molar-refractivity contribution in [2.75, 3.05) is 57.3 Å². The predicted molar refractivity (Wildman–Crippen MR) is 89.9 cm³/mol. The zero-order valence-corrected chi connectivity index (χ0v) is 13.7. The fourth-order valence-corrected chi connectivity index (χ4v) is 3.65. The quantitative estimate of drug-likeness (QED) is 0.847. The van der Waals surface area contributed by atoms with Crippen LogP contribution in [0.1, 0.15) is 19.8 Å². The highest BCUT2D eigenvalue weighted by atomic mass is 19.1. The molecule has 1 aromatic rings. The first kappa shape index (κ1) is 15.8. The summed E-state index contributed by atoms with van der Waals surface area (Å²) in [5.41, 5.74) is 1.14. The maximum Gasteiger partial charge on any atom is 0.123 e. The molecule has 1 atom stereocenters. The molecule has 0 bridgehead atoms. The molecule has 1 aromatic carbocycles. The molecule has 1 unspecified atom stereocenters. The molecule has 2 aliphatic rings. The van der Waals surface area contributed by atoms with Crippen molar-refractivity contribution >= 4 is 5.69 Å². The number of rotatable bonds is 4. The summed E-state index contributed by atoms with van der Waals surface area (Å²) in [6, 6.07) is 6.89. The van der Waals surface area contributed by atoms with Crippen molar-refractivity contribution in [3.05, 3.63) is 30.1 Å². The second kappa shape index (κ2) is 7.42. The van der Waals surface area contributed by atoms with Gasteiger partial charge in [0.2, 0.25) is 0 Å². The van der Waals surface area contributed by atoms with Gasteiger partial charge in [-0.15, -0.1) is 0 Å². The van der Waals surface area contributed by atoms with Crippen molar-refractivity contribution in [3.63, 3.8) is 0 Å². The molecule has 0 amide bonds. The van der Waals surface area contributed by atoms with Gasteiger partial charge >= 0.3 is 0 Å². The van der Waals surface area contributed by atoms with Crippen LogP contribution in [-0.4, -0.2) is 62.2 Å². The van der Waals surface area contributed by atoms with Crippen molar-refractivity contribution in [2.24, 2.45) is 5.92 Å². The van der Waals surface area contributed by atoms with E-state index in [0.29, 0.717) is 0 Å². The molecule has 3 nitrogen and oxygen atoms in total. The van der Waals surface area contributed by atoms with Gasteiger partial charge < -0.3 is 9.80 Å². The maximum absolute atomic E-state index is 13.0. The first-order valence-electron chi connectivity index (χ1n) is 8.66. The van der Waals surface area contributed by atoms with E-state index in [1.54, 1.807) is 12.1 Å². The van der Waals surface area contributed by atoms with Crippen molar-refractivity contribution < 1.29 is 4.39 Å². The zero-order chi connectivity index (χ0) is 15.4. The average Bonchev–Trinajstić information content (AvgIpc) is 2.54. The number of likely N-dealkylation sites (tertiary alicyclic amines) is 1. The van der Waals surface area contributed by atoms with Crippen LogP contribution in [0.3, 0.4) is 0 Å². The Morgan fingerprint density at radius 1 is 0.955 bits per heavy atom. The van der Waals surface area contributed by atoms with Crippen LogP contribution < -0.4 is 4.90 Å². The normalized spacial score (nSPS) is 24.6. The maximum atomic E-state index is 13.0. The minimum absolute atomic E-state index is 0.154. The molecule has 0 aliphatic carbocycles. The Morgan fingerprint density at radius 3 is 2.32 bits per heavy atom. The summed E-state index contributed by atoms with van der Waals surface area (Å²) < 4.78 is 13.0. The highest BCUT2D eigenvalue weighted by Crippen LogP contribution is 2.18. The van der Waals surface area contributed by atoms with Gasteiger partial charge in [-0.25, -0.2) is 4.39 Å². The summed E-state index contributed by atoms with van der Waals surface area (Å²) >= 11 is 0. The van der Waals surface area contributed by atoms with E-state index >= 15 is 0 Å². The highest BCUT2D eigenvalue weighted by molar-refractivity contribution is 5.46. The van der Waals surface area contributed by atoms with Gasteiger partial charge in [-0.05, 0) is 49.6 Å². The monoisotopic (exact) mass is 305 g/mol. The minimum atomic E-state index is -0.154. The third kappa shape index (κ3) is 4.20. The molecular formula is C18H28FN3. The van der Waals surface area contributed by atoms with E-state index in [9.17, 15) is 4.39 Å². The lowest BCUT2D eigenvalue weighted by atomic mass is 10.0. The molecule has 0 radical (unpaired) electrons. The molecule has 2 aliphatic heterocycles. The molecule has 0 saturated carbocycles. The fraction of sp³-hybridized carbons (Fsp3) is 0.667. The predicted octanol–water partition coefficient (Wildman–Crippen LogP) is 2.68. The number of nitrogens with zero attached hydrogens (tertiary/aromatic N) is 3. The topological polar surface area (TPSA) is 9.72 Å². The summed E-state index contributed by atoms with van der Waals surface area (Å²) in [7, 11) is 0. The zero-order valence-electron chi connectivity index (χ0n) is 13.7. The molecule has 4 heteroatoms. The number of benzene rings is 1. The van der Waals surface area contributed by atoms with E-state index in [2.05, 4.69) is 21.6 Å². The van der Waals surface area contributed by atoms with Crippen LogP contribution in [0.2, 0.25) is 0 Å². The summed E-state index contributed by atoms with van der Waals surface area (Å²) in [4.78, 5) is 7.55.